The molecule has 0 atom stereocenters. The lowest BCUT2D eigenvalue weighted by molar-refractivity contribution is 0.102. The molecule has 0 spiro atoms. The zero-order chi connectivity index (χ0) is 17.2. The summed E-state index contributed by atoms with van der Waals surface area (Å²) >= 11 is 0. The molecule has 25 heavy (non-hydrogen) atoms. The number of nitrogens with zero attached hydrogens (tertiary/aromatic N) is 2. The zero-order valence-electron chi connectivity index (χ0n) is 13.6. The number of rotatable bonds is 3. The van der Waals surface area contributed by atoms with Gasteiger partial charge in [0.25, 0.3) is 5.91 Å². The highest BCUT2D eigenvalue weighted by molar-refractivity contribution is 6.12. The second kappa shape index (κ2) is 6.20. The molecular weight excluding hydrogens is 314 g/mol. The first-order valence-corrected chi connectivity index (χ1v) is 7.90. The predicted molar refractivity (Wildman–Crippen MR) is 96.4 cm³/mol. The van der Waals surface area contributed by atoms with Gasteiger partial charge in [0, 0.05) is 11.1 Å². The van der Waals surface area contributed by atoms with Crippen molar-refractivity contribution in [2.75, 3.05) is 5.32 Å². The summed E-state index contributed by atoms with van der Waals surface area (Å²) in [5, 5.41) is 12.5. The van der Waals surface area contributed by atoms with Gasteiger partial charge in [-0.1, -0.05) is 59.2 Å². The predicted octanol–water partition coefficient (Wildman–Crippen LogP) is 4.45. The van der Waals surface area contributed by atoms with Crippen molar-refractivity contribution in [1.82, 2.24) is 10.2 Å². The van der Waals surface area contributed by atoms with Crippen molar-refractivity contribution >= 4 is 22.7 Å². The highest BCUT2D eigenvalue weighted by Gasteiger charge is 2.14. The lowest BCUT2D eigenvalue weighted by Gasteiger charge is -2.05. The van der Waals surface area contributed by atoms with E-state index in [1.165, 1.54) is 0 Å². The molecule has 4 aromatic rings. The third-order valence-corrected chi connectivity index (χ3v) is 3.98. The average molecular weight is 329 g/mol. The summed E-state index contributed by atoms with van der Waals surface area (Å²) in [6.45, 7) is 2.01. The van der Waals surface area contributed by atoms with E-state index in [4.69, 9.17) is 4.42 Å². The lowest BCUT2D eigenvalue weighted by Crippen LogP contribution is -2.12. The van der Waals surface area contributed by atoms with Gasteiger partial charge in [0.2, 0.25) is 5.89 Å². The van der Waals surface area contributed by atoms with E-state index in [9.17, 15) is 4.79 Å². The van der Waals surface area contributed by atoms with Crippen LogP contribution in [-0.2, 0) is 0 Å². The summed E-state index contributed by atoms with van der Waals surface area (Å²) in [6, 6.07) is 21.1. The maximum absolute atomic E-state index is 12.6. The van der Waals surface area contributed by atoms with E-state index in [1.807, 2.05) is 67.6 Å². The van der Waals surface area contributed by atoms with Crippen LogP contribution in [0.15, 0.2) is 71.1 Å². The van der Waals surface area contributed by atoms with Gasteiger partial charge in [-0.3, -0.25) is 10.1 Å². The zero-order valence-corrected chi connectivity index (χ0v) is 13.6. The van der Waals surface area contributed by atoms with E-state index in [0.29, 0.717) is 11.5 Å². The molecule has 0 aliphatic carbocycles. The molecule has 4 rings (SSSR count). The number of aryl methyl sites for hydroxylation is 1. The number of nitrogens with one attached hydrogen (secondary N) is 1. The normalized spacial score (nSPS) is 10.8. The van der Waals surface area contributed by atoms with Crippen LogP contribution in [0.1, 0.15) is 15.9 Å². The van der Waals surface area contributed by atoms with Gasteiger partial charge in [-0.2, -0.15) is 0 Å². The van der Waals surface area contributed by atoms with Crippen molar-refractivity contribution in [3.63, 3.8) is 0 Å². The van der Waals surface area contributed by atoms with E-state index >= 15 is 0 Å². The molecule has 0 saturated carbocycles. The molecule has 1 heterocycles. The van der Waals surface area contributed by atoms with E-state index in [2.05, 4.69) is 15.5 Å². The molecule has 3 aromatic carbocycles. The second-order valence-corrected chi connectivity index (χ2v) is 5.76. The lowest BCUT2D eigenvalue weighted by atomic mass is 10.0. The Morgan fingerprint density at radius 2 is 1.68 bits per heavy atom. The van der Waals surface area contributed by atoms with Crippen LogP contribution in [-0.4, -0.2) is 16.1 Å². The van der Waals surface area contributed by atoms with E-state index in [-0.39, 0.29) is 11.9 Å². The van der Waals surface area contributed by atoms with Gasteiger partial charge in [0.15, 0.2) is 0 Å². The second-order valence-electron chi connectivity index (χ2n) is 5.76. The fourth-order valence-electron chi connectivity index (χ4n) is 2.67. The smallest absolute Gasteiger partial charge is 0.322 e. The van der Waals surface area contributed by atoms with Crippen molar-refractivity contribution < 1.29 is 9.21 Å². The van der Waals surface area contributed by atoms with Crippen LogP contribution in [0.25, 0.3) is 22.2 Å². The largest absolute Gasteiger partial charge is 0.403 e. The van der Waals surface area contributed by atoms with Gasteiger partial charge >= 0.3 is 6.01 Å². The molecule has 0 fully saturated rings. The molecule has 0 saturated heterocycles. The van der Waals surface area contributed by atoms with Gasteiger partial charge in [0.1, 0.15) is 0 Å². The van der Waals surface area contributed by atoms with Crippen LogP contribution in [0.4, 0.5) is 6.01 Å². The van der Waals surface area contributed by atoms with E-state index in [1.54, 1.807) is 6.07 Å². The van der Waals surface area contributed by atoms with Crippen LogP contribution in [0.3, 0.4) is 0 Å². The molecule has 0 radical (unpaired) electrons. The molecule has 0 aliphatic rings. The quantitative estimate of drug-likeness (QED) is 0.603. The Hall–Kier alpha value is -3.47. The molecule has 0 aliphatic heterocycles. The van der Waals surface area contributed by atoms with Gasteiger partial charge in [-0.05, 0) is 35.9 Å². The number of benzene rings is 3. The number of carbonyl (C=O) groups is 1. The Balaban J connectivity index is 1.60. The Labute approximate surface area is 144 Å². The summed E-state index contributed by atoms with van der Waals surface area (Å²) in [6.07, 6.45) is 0. The fraction of sp³-hybridized carbons (Fsp3) is 0.0500. The van der Waals surface area contributed by atoms with Crippen LogP contribution in [0, 0.1) is 6.92 Å². The maximum Gasteiger partial charge on any atom is 0.322 e. The molecule has 1 amide bonds. The number of hydrogen-bond acceptors (Lipinski definition) is 4. The van der Waals surface area contributed by atoms with Crippen LogP contribution < -0.4 is 5.32 Å². The average Bonchev–Trinajstić information content (AvgIpc) is 3.10. The first kappa shape index (κ1) is 15.1. The van der Waals surface area contributed by atoms with Crippen LogP contribution in [0.5, 0.6) is 0 Å². The molecule has 5 nitrogen and oxygen atoms in total. The fourth-order valence-corrected chi connectivity index (χ4v) is 2.67. The van der Waals surface area contributed by atoms with Crippen molar-refractivity contribution in [2.24, 2.45) is 0 Å². The highest BCUT2D eigenvalue weighted by Crippen LogP contribution is 2.22. The molecule has 122 valence electrons. The summed E-state index contributed by atoms with van der Waals surface area (Å²) in [5.74, 6) is 0.0872. The Bertz CT molecular complexity index is 1050. The van der Waals surface area contributed by atoms with E-state index in [0.717, 1.165) is 21.9 Å². The number of anilines is 1. The summed E-state index contributed by atoms with van der Waals surface area (Å²) in [7, 11) is 0. The molecule has 5 heteroatoms. The third kappa shape index (κ3) is 2.99. The van der Waals surface area contributed by atoms with Gasteiger partial charge < -0.3 is 4.42 Å². The first-order valence-electron chi connectivity index (χ1n) is 7.90. The van der Waals surface area contributed by atoms with Gasteiger partial charge in [-0.25, -0.2) is 0 Å². The highest BCUT2D eigenvalue weighted by atomic mass is 16.4. The standard InChI is InChI=1S/C20H15N3O2/c1-13-9-11-15(12-10-13)19-22-23-20(25-19)21-18(24)17-8-4-6-14-5-2-3-7-16(14)17/h2-12H,1H3,(H,21,23,24). The summed E-state index contributed by atoms with van der Waals surface area (Å²) < 4.78 is 5.56. The van der Waals surface area contributed by atoms with Gasteiger partial charge in [-0.15, -0.1) is 5.10 Å². The minimum atomic E-state index is -0.282. The Morgan fingerprint density at radius 1 is 0.920 bits per heavy atom. The molecule has 1 aromatic heterocycles. The van der Waals surface area contributed by atoms with E-state index < -0.39 is 0 Å². The number of hydrogen-bond donors (Lipinski definition) is 1. The van der Waals surface area contributed by atoms with Crippen LogP contribution >= 0.6 is 0 Å². The number of fused-ring (bicyclic) bond motifs is 1. The number of amides is 1. The number of aromatic nitrogens is 2. The van der Waals surface area contributed by atoms with Crippen molar-refractivity contribution in [2.45, 2.75) is 6.92 Å². The molecule has 1 N–H and O–H groups in total. The molecule has 0 unspecified atom stereocenters. The maximum atomic E-state index is 12.6. The topological polar surface area (TPSA) is 68.0 Å². The molecular formula is C20H15N3O2. The Kier molecular flexibility index (Phi) is 3.74. The van der Waals surface area contributed by atoms with Crippen molar-refractivity contribution in [3.8, 4) is 11.5 Å². The minimum Gasteiger partial charge on any atom is -0.403 e. The van der Waals surface area contributed by atoms with Crippen molar-refractivity contribution in [1.29, 1.82) is 0 Å². The molecule has 0 bridgehead atoms. The van der Waals surface area contributed by atoms with Gasteiger partial charge in [0.05, 0.1) is 0 Å². The Morgan fingerprint density at radius 3 is 2.52 bits per heavy atom. The van der Waals surface area contributed by atoms with Crippen LogP contribution in [0.2, 0.25) is 0 Å². The monoisotopic (exact) mass is 329 g/mol. The number of carbonyl (C=O) groups excluding carboxylic acids is 1. The third-order valence-electron chi connectivity index (χ3n) is 3.98. The SMILES string of the molecule is Cc1ccc(-c2nnc(NC(=O)c3cccc4ccccc34)o2)cc1. The first-order chi connectivity index (χ1) is 12.2. The van der Waals surface area contributed by atoms with Crippen molar-refractivity contribution in [3.05, 3.63) is 77.9 Å². The minimum absolute atomic E-state index is 0.0773. The summed E-state index contributed by atoms with van der Waals surface area (Å²) in [5.41, 5.74) is 2.52. The summed E-state index contributed by atoms with van der Waals surface area (Å²) in [4.78, 5) is 12.6.